The molecule has 0 spiro atoms. The van der Waals surface area contributed by atoms with Crippen molar-refractivity contribution in [1.82, 2.24) is 15.6 Å². The molecule has 0 aliphatic heterocycles. The third-order valence-corrected chi connectivity index (χ3v) is 3.18. The van der Waals surface area contributed by atoms with Crippen LogP contribution in [-0.2, 0) is 11.3 Å². The summed E-state index contributed by atoms with van der Waals surface area (Å²) in [5, 5.41) is 6.49. The van der Waals surface area contributed by atoms with Gasteiger partial charge in [0, 0.05) is 38.5 Å². The highest BCUT2D eigenvalue weighted by Gasteiger charge is 2.05. The zero-order valence-electron chi connectivity index (χ0n) is 14.8. The third-order valence-electron chi connectivity index (χ3n) is 3.18. The predicted molar refractivity (Wildman–Crippen MR) is 93.9 cm³/mol. The fourth-order valence-corrected chi connectivity index (χ4v) is 1.89. The Bertz CT molecular complexity index is 464. The van der Waals surface area contributed by atoms with Gasteiger partial charge in [-0.25, -0.2) is 4.98 Å². The van der Waals surface area contributed by atoms with Crippen LogP contribution in [0.5, 0.6) is 5.88 Å². The minimum atomic E-state index is 0.602. The van der Waals surface area contributed by atoms with Crippen molar-refractivity contribution in [3.63, 3.8) is 0 Å². The summed E-state index contributed by atoms with van der Waals surface area (Å²) in [4.78, 5) is 8.44. The Hall–Kier alpha value is -1.82. The largest absolute Gasteiger partial charge is 0.478 e. The fraction of sp³-hybridized carbons (Fsp3) is 0.647. The molecule has 0 unspecified atom stereocenters. The molecule has 1 aromatic rings. The summed E-state index contributed by atoms with van der Waals surface area (Å²) >= 11 is 0. The van der Waals surface area contributed by atoms with Crippen molar-refractivity contribution < 1.29 is 9.47 Å². The molecule has 0 saturated carbocycles. The van der Waals surface area contributed by atoms with E-state index in [1.165, 1.54) is 0 Å². The molecule has 23 heavy (non-hydrogen) atoms. The first-order chi connectivity index (χ1) is 11.2. The Morgan fingerprint density at radius 3 is 2.83 bits per heavy atom. The molecule has 2 N–H and O–H groups in total. The highest BCUT2D eigenvalue weighted by Crippen LogP contribution is 2.13. The van der Waals surface area contributed by atoms with Crippen molar-refractivity contribution in [2.45, 2.75) is 33.7 Å². The quantitative estimate of drug-likeness (QED) is 0.393. The van der Waals surface area contributed by atoms with Gasteiger partial charge in [-0.15, -0.1) is 0 Å². The predicted octanol–water partition coefficient (Wildman–Crippen LogP) is 2.21. The highest BCUT2D eigenvalue weighted by atomic mass is 16.5. The van der Waals surface area contributed by atoms with Crippen LogP contribution in [0.4, 0.5) is 0 Å². The minimum absolute atomic E-state index is 0.602. The van der Waals surface area contributed by atoms with Gasteiger partial charge in [-0.05, 0) is 25.3 Å². The lowest BCUT2D eigenvalue weighted by molar-refractivity contribution is 0.128. The molecule has 0 amide bonds. The van der Waals surface area contributed by atoms with Crippen LogP contribution in [0.1, 0.15) is 32.8 Å². The third kappa shape index (κ3) is 8.40. The molecular weight excluding hydrogens is 292 g/mol. The lowest BCUT2D eigenvalue weighted by Crippen LogP contribution is -2.38. The van der Waals surface area contributed by atoms with Gasteiger partial charge >= 0.3 is 0 Å². The summed E-state index contributed by atoms with van der Waals surface area (Å²) in [5.41, 5.74) is 1.01. The van der Waals surface area contributed by atoms with Gasteiger partial charge in [-0.1, -0.05) is 19.9 Å². The minimum Gasteiger partial charge on any atom is -0.478 e. The van der Waals surface area contributed by atoms with E-state index in [0.29, 0.717) is 31.6 Å². The molecule has 0 fully saturated rings. The number of aliphatic imine (C=N–C) groups is 1. The number of ether oxygens (including phenoxy) is 2. The van der Waals surface area contributed by atoms with Gasteiger partial charge in [0.25, 0.3) is 0 Å². The topological polar surface area (TPSA) is 67.8 Å². The van der Waals surface area contributed by atoms with E-state index in [9.17, 15) is 0 Å². The highest BCUT2D eigenvalue weighted by molar-refractivity contribution is 5.79. The summed E-state index contributed by atoms with van der Waals surface area (Å²) in [5.74, 6) is 2.08. The van der Waals surface area contributed by atoms with Crippen LogP contribution in [-0.4, -0.2) is 44.4 Å². The number of guanidine groups is 1. The molecule has 1 heterocycles. The Kier molecular flexibility index (Phi) is 9.79. The smallest absolute Gasteiger partial charge is 0.218 e. The van der Waals surface area contributed by atoms with E-state index in [1.54, 1.807) is 13.2 Å². The van der Waals surface area contributed by atoms with E-state index >= 15 is 0 Å². The maximum absolute atomic E-state index is 5.58. The first kappa shape index (κ1) is 19.2. The van der Waals surface area contributed by atoms with Crippen LogP contribution in [0.15, 0.2) is 23.3 Å². The zero-order chi connectivity index (χ0) is 16.9. The van der Waals surface area contributed by atoms with E-state index in [0.717, 1.165) is 31.1 Å². The van der Waals surface area contributed by atoms with Crippen LogP contribution < -0.4 is 15.4 Å². The molecule has 0 atom stereocenters. The molecule has 0 radical (unpaired) electrons. The Morgan fingerprint density at radius 2 is 2.13 bits per heavy atom. The van der Waals surface area contributed by atoms with Crippen molar-refractivity contribution in [1.29, 1.82) is 0 Å². The monoisotopic (exact) mass is 322 g/mol. The van der Waals surface area contributed by atoms with Crippen LogP contribution >= 0.6 is 0 Å². The maximum atomic E-state index is 5.58. The summed E-state index contributed by atoms with van der Waals surface area (Å²) in [6, 6.07) is 3.89. The van der Waals surface area contributed by atoms with E-state index in [2.05, 4.69) is 34.5 Å². The van der Waals surface area contributed by atoms with Gasteiger partial charge in [0.15, 0.2) is 5.96 Å². The standard InChI is InChI=1S/C17H30N4O2/c1-5-23-16-15(7-6-9-19-16)13-21-17(18-4)20-10-12-22-11-8-14(2)3/h6-7,9,14H,5,8,10-13H2,1-4H3,(H2,18,20,21). The van der Waals surface area contributed by atoms with Crippen molar-refractivity contribution in [3.05, 3.63) is 23.9 Å². The molecule has 1 rings (SSSR count). The van der Waals surface area contributed by atoms with Gasteiger partial charge in [-0.3, -0.25) is 4.99 Å². The van der Waals surface area contributed by atoms with Crippen molar-refractivity contribution in [2.75, 3.05) is 33.4 Å². The lowest BCUT2D eigenvalue weighted by Gasteiger charge is -2.14. The summed E-state index contributed by atoms with van der Waals surface area (Å²) in [7, 11) is 1.75. The first-order valence-electron chi connectivity index (χ1n) is 8.26. The number of rotatable bonds is 10. The van der Waals surface area contributed by atoms with Crippen LogP contribution in [0.2, 0.25) is 0 Å². The van der Waals surface area contributed by atoms with Crippen molar-refractivity contribution >= 4 is 5.96 Å². The van der Waals surface area contributed by atoms with Gasteiger partial charge in [0.05, 0.1) is 13.2 Å². The normalized spacial score (nSPS) is 11.6. The molecule has 130 valence electrons. The first-order valence-corrected chi connectivity index (χ1v) is 8.26. The molecule has 0 aliphatic rings. The zero-order valence-corrected chi connectivity index (χ0v) is 14.8. The number of nitrogens with zero attached hydrogens (tertiary/aromatic N) is 2. The number of hydrogen-bond donors (Lipinski definition) is 2. The fourth-order valence-electron chi connectivity index (χ4n) is 1.89. The van der Waals surface area contributed by atoms with Gasteiger partial charge in [0.2, 0.25) is 5.88 Å². The van der Waals surface area contributed by atoms with Crippen molar-refractivity contribution in [3.8, 4) is 5.88 Å². The molecule has 1 aromatic heterocycles. The molecule has 0 aromatic carbocycles. The van der Waals surface area contributed by atoms with Gasteiger partial charge in [0.1, 0.15) is 0 Å². The van der Waals surface area contributed by atoms with E-state index in [1.807, 2.05) is 19.1 Å². The second-order valence-corrected chi connectivity index (χ2v) is 5.55. The second kappa shape index (κ2) is 11.7. The van der Waals surface area contributed by atoms with E-state index < -0.39 is 0 Å². The molecule has 0 aliphatic carbocycles. The van der Waals surface area contributed by atoms with Gasteiger partial charge < -0.3 is 20.1 Å². The van der Waals surface area contributed by atoms with Crippen LogP contribution in [0, 0.1) is 5.92 Å². The average molecular weight is 322 g/mol. The molecule has 0 bridgehead atoms. The second-order valence-electron chi connectivity index (χ2n) is 5.55. The van der Waals surface area contributed by atoms with Gasteiger partial charge in [-0.2, -0.15) is 0 Å². The SMILES string of the molecule is CCOc1ncccc1CNC(=NC)NCCOCCC(C)C. The number of nitrogens with one attached hydrogen (secondary N) is 2. The van der Waals surface area contributed by atoms with Crippen LogP contribution in [0.3, 0.4) is 0 Å². The van der Waals surface area contributed by atoms with Crippen LogP contribution in [0.25, 0.3) is 0 Å². The lowest BCUT2D eigenvalue weighted by atomic mass is 10.1. The molecule has 6 heteroatoms. The Balaban J connectivity index is 2.29. The molecule has 0 saturated heterocycles. The number of aromatic nitrogens is 1. The summed E-state index contributed by atoms with van der Waals surface area (Å²) in [6.45, 7) is 9.75. The Morgan fingerprint density at radius 1 is 1.30 bits per heavy atom. The Labute approximate surface area is 139 Å². The average Bonchev–Trinajstić information content (AvgIpc) is 2.54. The van der Waals surface area contributed by atoms with Crippen molar-refractivity contribution in [2.24, 2.45) is 10.9 Å². The number of pyridine rings is 1. The molecule has 6 nitrogen and oxygen atoms in total. The summed E-state index contributed by atoms with van der Waals surface area (Å²) in [6.07, 6.45) is 2.82. The van der Waals surface area contributed by atoms with E-state index in [-0.39, 0.29) is 0 Å². The maximum Gasteiger partial charge on any atom is 0.218 e. The summed E-state index contributed by atoms with van der Waals surface area (Å²) < 4.78 is 11.1. The van der Waals surface area contributed by atoms with E-state index in [4.69, 9.17) is 9.47 Å². The molecular formula is C17H30N4O2. The number of hydrogen-bond acceptors (Lipinski definition) is 4.